The Labute approximate surface area is 103 Å². The van der Waals surface area contributed by atoms with Crippen LogP contribution in [-0.2, 0) is 4.79 Å². The van der Waals surface area contributed by atoms with E-state index in [9.17, 15) is 4.79 Å². The minimum atomic E-state index is -0.611. The summed E-state index contributed by atoms with van der Waals surface area (Å²) in [5, 5.41) is 0. The van der Waals surface area contributed by atoms with E-state index in [-0.39, 0.29) is 5.91 Å². The van der Waals surface area contributed by atoms with Gasteiger partial charge in [-0.2, -0.15) is 0 Å². The zero-order valence-electron chi connectivity index (χ0n) is 10.6. The average Bonchev–Trinajstić information content (AvgIpc) is 2.27. The molecule has 1 aromatic carbocycles. The third-order valence-electron chi connectivity index (χ3n) is 3.55. The van der Waals surface area contributed by atoms with E-state index < -0.39 is 5.54 Å². The molecule has 3 heteroatoms. The number of likely N-dealkylation sites (N-methyl/N-ethyl adjacent to an activating group) is 1. The Balaban J connectivity index is 2.24. The van der Waals surface area contributed by atoms with Gasteiger partial charge in [-0.05, 0) is 50.8 Å². The summed E-state index contributed by atoms with van der Waals surface area (Å²) in [5.41, 5.74) is 7.61. The Morgan fingerprint density at radius 1 is 1.47 bits per heavy atom. The minimum Gasteiger partial charge on any atom is -0.317 e. The maximum absolute atomic E-state index is 12.4. The highest BCUT2D eigenvalue weighted by atomic mass is 16.2. The molecule has 0 aromatic heterocycles. The van der Waals surface area contributed by atoms with Gasteiger partial charge < -0.3 is 10.6 Å². The molecular weight excluding hydrogens is 212 g/mol. The van der Waals surface area contributed by atoms with Gasteiger partial charge in [-0.15, -0.1) is 0 Å². The van der Waals surface area contributed by atoms with Crippen molar-refractivity contribution in [3.05, 3.63) is 29.8 Å². The lowest BCUT2D eigenvalue weighted by Gasteiger charge is -2.40. The molecule has 0 unspecified atom stereocenters. The number of aryl methyl sites for hydroxylation is 1. The van der Waals surface area contributed by atoms with Crippen LogP contribution in [-0.4, -0.2) is 18.0 Å². The molecule has 1 aliphatic carbocycles. The van der Waals surface area contributed by atoms with Gasteiger partial charge in [0, 0.05) is 12.2 Å². The second-order valence-corrected chi connectivity index (χ2v) is 4.90. The van der Waals surface area contributed by atoms with Crippen LogP contribution in [0.1, 0.15) is 31.7 Å². The lowest BCUT2D eigenvalue weighted by molar-refractivity contribution is -0.126. The highest BCUT2D eigenvalue weighted by molar-refractivity contribution is 6.00. The molecule has 0 heterocycles. The van der Waals surface area contributed by atoms with Crippen molar-refractivity contribution in [3.63, 3.8) is 0 Å². The van der Waals surface area contributed by atoms with Crippen molar-refractivity contribution >= 4 is 11.6 Å². The molecule has 0 spiro atoms. The number of carbonyl (C=O) groups excluding carboxylic acids is 1. The van der Waals surface area contributed by atoms with Crippen molar-refractivity contribution in [2.45, 2.75) is 38.6 Å². The van der Waals surface area contributed by atoms with Crippen molar-refractivity contribution in [1.82, 2.24) is 0 Å². The van der Waals surface area contributed by atoms with E-state index in [0.717, 1.165) is 30.5 Å². The first-order chi connectivity index (χ1) is 8.07. The van der Waals surface area contributed by atoms with Crippen LogP contribution in [0.15, 0.2) is 24.3 Å². The summed E-state index contributed by atoms with van der Waals surface area (Å²) in [4.78, 5) is 14.2. The van der Waals surface area contributed by atoms with Gasteiger partial charge in [-0.25, -0.2) is 0 Å². The molecule has 0 aliphatic heterocycles. The topological polar surface area (TPSA) is 46.3 Å². The second kappa shape index (κ2) is 4.49. The fourth-order valence-corrected chi connectivity index (χ4v) is 2.28. The van der Waals surface area contributed by atoms with Gasteiger partial charge in [0.05, 0.1) is 5.54 Å². The van der Waals surface area contributed by atoms with Gasteiger partial charge in [-0.1, -0.05) is 12.1 Å². The maximum atomic E-state index is 12.4. The molecule has 0 radical (unpaired) electrons. The number of carbonyl (C=O) groups is 1. The zero-order valence-corrected chi connectivity index (χ0v) is 10.6. The fourth-order valence-electron chi connectivity index (χ4n) is 2.28. The average molecular weight is 232 g/mol. The third-order valence-corrected chi connectivity index (χ3v) is 3.55. The number of nitrogens with zero attached hydrogens (tertiary/aromatic N) is 1. The number of anilines is 1. The van der Waals surface area contributed by atoms with Gasteiger partial charge in [0.2, 0.25) is 5.91 Å². The predicted octanol–water partition coefficient (Wildman–Crippen LogP) is 2.23. The molecule has 0 atom stereocenters. The maximum Gasteiger partial charge on any atom is 0.247 e. The van der Waals surface area contributed by atoms with E-state index in [4.69, 9.17) is 5.73 Å². The molecule has 0 bridgehead atoms. The Morgan fingerprint density at radius 2 is 2.18 bits per heavy atom. The quantitative estimate of drug-likeness (QED) is 0.868. The first kappa shape index (κ1) is 12.1. The summed E-state index contributed by atoms with van der Waals surface area (Å²) in [6, 6.07) is 8.01. The van der Waals surface area contributed by atoms with Gasteiger partial charge in [-0.3, -0.25) is 4.79 Å². The number of hydrogen-bond acceptors (Lipinski definition) is 2. The lowest BCUT2D eigenvalue weighted by Crippen LogP contribution is -2.59. The van der Waals surface area contributed by atoms with Gasteiger partial charge in [0.15, 0.2) is 0 Å². The second-order valence-electron chi connectivity index (χ2n) is 4.90. The predicted molar refractivity (Wildman–Crippen MR) is 70.0 cm³/mol. The van der Waals surface area contributed by atoms with Crippen molar-refractivity contribution in [2.24, 2.45) is 5.73 Å². The molecule has 1 aromatic rings. The van der Waals surface area contributed by atoms with Crippen molar-refractivity contribution < 1.29 is 4.79 Å². The van der Waals surface area contributed by atoms with Crippen molar-refractivity contribution in [2.75, 3.05) is 11.4 Å². The van der Waals surface area contributed by atoms with Crippen LogP contribution in [0.25, 0.3) is 0 Å². The van der Waals surface area contributed by atoms with Crippen LogP contribution < -0.4 is 10.6 Å². The molecule has 1 amide bonds. The first-order valence-corrected chi connectivity index (χ1v) is 6.24. The van der Waals surface area contributed by atoms with Crippen molar-refractivity contribution in [1.29, 1.82) is 0 Å². The molecule has 1 saturated carbocycles. The van der Waals surface area contributed by atoms with Crippen LogP contribution in [0.2, 0.25) is 0 Å². The highest BCUT2D eigenvalue weighted by Crippen LogP contribution is 2.32. The van der Waals surface area contributed by atoms with Crippen LogP contribution in [0.4, 0.5) is 5.69 Å². The van der Waals surface area contributed by atoms with E-state index in [1.807, 2.05) is 38.1 Å². The third kappa shape index (κ3) is 2.20. The largest absolute Gasteiger partial charge is 0.317 e. The van der Waals surface area contributed by atoms with Gasteiger partial charge in [0.25, 0.3) is 0 Å². The van der Waals surface area contributed by atoms with E-state index >= 15 is 0 Å². The Morgan fingerprint density at radius 3 is 2.65 bits per heavy atom. The summed E-state index contributed by atoms with van der Waals surface area (Å²) in [6.45, 7) is 4.69. The van der Waals surface area contributed by atoms with Crippen LogP contribution in [0.5, 0.6) is 0 Å². The number of nitrogens with two attached hydrogens (primary N) is 1. The lowest BCUT2D eigenvalue weighted by atomic mass is 9.76. The molecular formula is C14H20N2O. The molecule has 1 aliphatic rings. The molecule has 2 rings (SSSR count). The van der Waals surface area contributed by atoms with Crippen LogP contribution in [0, 0.1) is 6.92 Å². The SMILES string of the molecule is CCN(C(=O)C1(N)CCC1)c1cccc(C)c1. The van der Waals surface area contributed by atoms with E-state index in [1.165, 1.54) is 0 Å². The van der Waals surface area contributed by atoms with E-state index in [2.05, 4.69) is 0 Å². The van der Waals surface area contributed by atoms with E-state index in [1.54, 1.807) is 4.90 Å². The standard InChI is InChI=1S/C14H20N2O/c1-3-16(12-7-4-6-11(2)10-12)13(17)14(15)8-5-9-14/h4,6-7,10H,3,5,8-9,15H2,1-2H3. The van der Waals surface area contributed by atoms with E-state index in [0.29, 0.717) is 6.54 Å². The van der Waals surface area contributed by atoms with Gasteiger partial charge in [0.1, 0.15) is 0 Å². The van der Waals surface area contributed by atoms with Crippen molar-refractivity contribution in [3.8, 4) is 0 Å². The first-order valence-electron chi connectivity index (χ1n) is 6.24. The summed E-state index contributed by atoms with van der Waals surface area (Å²) < 4.78 is 0. The minimum absolute atomic E-state index is 0.0665. The monoisotopic (exact) mass is 232 g/mol. The molecule has 3 nitrogen and oxygen atoms in total. The number of rotatable bonds is 3. The molecule has 17 heavy (non-hydrogen) atoms. The number of amides is 1. The summed E-state index contributed by atoms with van der Waals surface area (Å²) >= 11 is 0. The normalized spacial score (nSPS) is 17.4. The number of hydrogen-bond donors (Lipinski definition) is 1. The summed E-state index contributed by atoms with van der Waals surface area (Å²) in [6.07, 6.45) is 2.69. The Hall–Kier alpha value is -1.35. The number of benzene rings is 1. The summed E-state index contributed by atoms with van der Waals surface area (Å²) in [5.74, 6) is 0.0665. The fraction of sp³-hybridized carbons (Fsp3) is 0.500. The molecule has 92 valence electrons. The smallest absolute Gasteiger partial charge is 0.247 e. The van der Waals surface area contributed by atoms with Gasteiger partial charge >= 0.3 is 0 Å². The molecule has 1 fully saturated rings. The summed E-state index contributed by atoms with van der Waals surface area (Å²) in [7, 11) is 0. The Bertz CT molecular complexity index is 424. The van der Waals surface area contributed by atoms with Crippen LogP contribution >= 0.6 is 0 Å². The Kier molecular flexibility index (Phi) is 3.20. The zero-order chi connectivity index (χ0) is 12.5. The molecule has 0 saturated heterocycles. The molecule has 2 N–H and O–H groups in total. The van der Waals surface area contributed by atoms with Crippen LogP contribution in [0.3, 0.4) is 0 Å². The highest BCUT2D eigenvalue weighted by Gasteiger charge is 2.42.